The van der Waals surface area contributed by atoms with Crippen LogP contribution in [0.15, 0.2) is 48.9 Å². The number of aromatic nitrogens is 3. The Balaban J connectivity index is 0.987. The van der Waals surface area contributed by atoms with E-state index in [4.69, 9.17) is 19.6 Å². The highest BCUT2D eigenvalue weighted by atomic mass is 16.6. The third kappa shape index (κ3) is 6.96. The van der Waals surface area contributed by atoms with E-state index in [2.05, 4.69) is 53.9 Å². The zero-order valence-corrected chi connectivity index (χ0v) is 32.1. The van der Waals surface area contributed by atoms with Crippen LogP contribution >= 0.6 is 0 Å². The highest BCUT2D eigenvalue weighted by Crippen LogP contribution is 2.58. The first-order valence-electron chi connectivity index (χ1n) is 20.0. The summed E-state index contributed by atoms with van der Waals surface area (Å²) in [5.74, 6) is 1.99. The molecule has 0 radical (unpaired) electrons. The number of pyridine rings is 1. The van der Waals surface area contributed by atoms with E-state index in [0.717, 1.165) is 99.7 Å². The van der Waals surface area contributed by atoms with Gasteiger partial charge in [0.1, 0.15) is 11.6 Å². The lowest BCUT2D eigenvalue weighted by molar-refractivity contribution is -0.124. The first-order chi connectivity index (χ1) is 25.4. The summed E-state index contributed by atoms with van der Waals surface area (Å²) >= 11 is 0. The van der Waals surface area contributed by atoms with Crippen LogP contribution < -0.4 is 9.64 Å². The number of ether oxygens (including phenoxy) is 2. The fourth-order valence-electron chi connectivity index (χ4n) is 10.2. The lowest BCUT2D eigenvalue weighted by atomic mass is 9.51. The standard InChI is InChI=1S/C43H57N5O5/c1-30-22-35(10-11-36(30)52-4)43-18-15-42(16-19-43,17-20-43)29-47(37-23-33(12-21-44-37)34-24-45-48(25-34)40(2)13-5-14-40)38(49)32-8-6-31(7-9-32)26-53-39(50)46-27-41(3,51)28-46/h10-12,21-25,31-32,51H,5-9,13-20,26-29H2,1-4H3. The van der Waals surface area contributed by atoms with Gasteiger partial charge in [-0.1, -0.05) is 12.1 Å². The normalized spacial score (nSPS) is 28.4. The Bertz CT molecular complexity index is 1810. The Hall–Kier alpha value is -3.92. The van der Waals surface area contributed by atoms with Crippen molar-refractivity contribution in [3.63, 3.8) is 0 Å². The second kappa shape index (κ2) is 13.7. The van der Waals surface area contributed by atoms with Crippen molar-refractivity contribution >= 4 is 17.8 Å². The molecule has 2 aromatic heterocycles. The van der Waals surface area contributed by atoms with E-state index in [1.807, 2.05) is 18.5 Å². The maximum Gasteiger partial charge on any atom is 0.409 e. The summed E-state index contributed by atoms with van der Waals surface area (Å²) in [6, 6.07) is 10.9. The van der Waals surface area contributed by atoms with Crippen molar-refractivity contribution in [2.75, 3.05) is 38.3 Å². The van der Waals surface area contributed by atoms with Crippen LogP contribution in [0.3, 0.4) is 0 Å². The van der Waals surface area contributed by atoms with Gasteiger partial charge in [0.05, 0.1) is 44.1 Å². The summed E-state index contributed by atoms with van der Waals surface area (Å²) < 4.78 is 13.3. The molecule has 0 atom stereocenters. The van der Waals surface area contributed by atoms with Gasteiger partial charge in [-0.3, -0.25) is 14.4 Å². The molecule has 53 heavy (non-hydrogen) atoms. The van der Waals surface area contributed by atoms with E-state index >= 15 is 0 Å². The lowest BCUT2D eigenvalue weighted by Gasteiger charge is -2.55. The molecule has 10 heteroatoms. The van der Waals surface area contributed by atoms with Crippen LogP contribution in [0, 0.1) is 24.2 Å². The Labute approximate surface area is 314 Å². The van der Waals surface area contributed by atoms with Gasteiger partial charge in [0, 0.05) is 30.4 Å². The third-order valence-electron chi connectivity index (χ3n) is 14.0. The number of carbonyl (C=O) groups is 2. The second-order valence-electron chi connectivity index (χ2n) is 18.0. The molecular formula is C43H57N5O5. The second-order valence-corrected chi connectivity index (χ2v) is 18.0. The molecule has 3 aromatic rings. The van der Waals surface area contributed by atoms with Gasteiger partial charge in [0.25, 0.3) is 0 Å². The van der Waals surface area contributed by atoms with E-state index in [1.54, 1.807) is 18.9 Å². The van der Waals surface area contributed by atoms with Gasteiger partial charge in [-0.25, -0.2) is 9.78 Å². The van der Waals surface area contributed by atoms with Crippen molar-refractivity contribution in [2.24, 2.45) is 17.3 Å². The van der Waals surface area contributed by atoms with Crippen molar-refractivity contribution in [3.05, 3.63) is 60.0 Å². The number of rotatable bonds is 10. The molecule has 6 aliphatic rings. The average molecular weight is 724 g/mol. The molecule has 3 heterocycles. The molecule has 1 aromatic carbocycles. The number of β-amino-alcohol motifs (C(OH)–C–C–N with tert-alkyl or cyclic N) is 1. The number of methoxy groups -OCH3 is 1. The molecule has 0 spiro atoms. The fraction of sp³-hybridized carbons (Fsp3) is 0.628. The van der Waals surface area contributed by atoms with Gasteiger partial charge < -0.3 is 19.5 Å². The number of benzene rings is 1. The lowest BCUT2D eigenvalue weighted by Crippen LogP contribution is -2.61. The SMILES string of the molecule is COc1ccc(C23CCC(CN(C(=O)C4CCC(COC(=O)N5CC(C)(O)C5)CC4)c4cc(-c5cnn(C6(C)CCC6)c5)ccn4)(CC2)CC3)cc1C. The fourth-order valence-corrected chi connectivity index (χ4v) is 10.2. The predicted octanol–water partition coefficient (Wildman–Crippen LogP) is 7.80. The summed E-state index contributed by atoms with van der Waals surface area (Å²) in [5.41, 5.74) is 4.24. The van der Waals surface area contributed by atoms with Gasteiger partial charge in [-0.15, -0.1) is 0 Å². The topological polar surface area (TPSA) is 110 Å². The molecule has 6 fully saturated rings. The van der Waals surface area contributed by atoms with Gasteiger partial charge in [-0.05, 0) is 156 Å². The van der Waals surface area contributed by atoms with Crippen LogP contribution in [0.5, 0.6) is 5.75 Å². The van der Waals surface area contributed by atoms with Crippen LogP contribution in [-0.2, 0) is 20.5 Å². The van der Waals surface area contributed by atoms with Crippen LogP contribution in [0.2, 0.25) is 0 Å². The zero-order valence-electron chi connectivity index (χ0n) is 32.1. The number of hydrogen-bond donors (Lipinski definition) is 1. The van der Waals surface area contributed by atoms with Crippen LogP contribution in [0.25, 0.3) is 11.1 Å². The number of likely N-dealkylation sites (tertiary alicyclic amines) is 1. The molecule has 1 aliphatic heterocycles. The maximum atomic E-state index is 14.8. The molecular weight excluding hydrogens is 667 g/mol. The van der Waals surface area contributed by atoms with E-state index in [9.17, 15) is 14.7 Å². The van der Waals surface area contributed by atoms with Crippen molar-refractivity contribution < 1.29 is 24.2 Å². The van der Waals surface area contributed by atoms with E-state index in [0.29, 0.717) is 26.2 Å². The van der Waals surface area contributed by atoms with Gasteiger partial charge in [0.15, 0.2) is 0 Å². The van der Waals surface area contributed by atoms with Crippen molar-refractivity contribution in [1.29, 1.82) is 0 Å². The smallest absolute Gasteiger partial charge is 0.409 e. The summed E-state index contributed by atoms with van der Waals surface area (Å²) in [6.07, 6.45) is 19.0. The number of anilines is 1. The molecule has 1 N–H and O–H groups in total. The van der Waals surface area contributed by atoms with Crippen molar-refractivity contribution in [1.82, 2.24) is 19.7 Å². The molecule has 2 amide bonds. The third-order valence-corrected chi connectivity index (χ3v) is 14.0. The number of nitrogens with zero attached hydrogens (tertiary/aromatic N) is 5. The molecule has 10 nitrogen and oxygen atoms in total. The average Bonchev–Trinajstić information content (AvgIpc) is 3.66. The summed E-state index contributed by atoms with van der Waals surface area (Å²) in [5, 5.41) is 14.8. The Morgan fingerprint density at radius 3 is 2.28 bits per heavy atom. The largest absolute Gasteiger partial charge is 0.496 e. The molecule has 5 saturated carbocycles. The number of aryl methyl sites for hydroxylation is 1. The monoisotopic (exact) mass is 723 g/mol. The van der Waals surface area contributed by atoms with E-state index < -0.39 is 5.60 Å². The number of aliphatic hydroxyl groups is 1. The van der Waals surface area contributed by atoms with Gasteiger partial charge in [0.2, 0.25) is 5.91 Å². The van der Waals surface area contributed by atoms with Gasteiger partial charge in [-0.2, -0.15) is 5.10 Å². The molecule has 9 rings (SSSR count). The van der Waals surface area contributed by atoms with Crippen molar-refractivity contribution in [3.8, 4) is 16.9 Å². The zero-order chi connectivity index (χ0) is 37.0. The first kappa shape index (κ1) is 36.1. The molecule has 5 aliphatic carbocycles. The number of hydrogen-bond acceptors (Lipinski definition) is 7. The summed E-state index contributed by atoms with van der Waals surface area (Å²) in [6.45, 7) is 7.81. The maximum absolute atomic E-state index is 14.8. The minimum Gasteiger partial charge on any atom is -0.496 e. The van der Waals surface area contributed by atoms with Gasteiger partial charge >= 0.3 is 6.09 Å². The number of carbonyl (C=O) groups excluding carboxylic acids is 2. The molecule has 2 bridgehead atoms. The van der Waals surface area contributed by atoms with Crippen LogP contribution in [0.1, 0.15) is 108 Å². The predicted molar refractivity (Wildman–Crippen MR) is 204 cm³/mol. The Morgan fingerprint density at radius 2 is 1.66 bits per heavy atom. The van der Waals surface area contributed by atoms with E-state index in [-0.39, 0.29) is 40.2 Å². The minimum absolute atomic E-state index is 0.0627. The molecule has 284 valence electrons. The number of amides is 2. The highest BCUT2D eigenvalue weighted by Gasteiger charge is 2.51. The number of fused-ring (bicyclic) bond motifs is 3. The van der Waals surface area contributed by atoms with Crippen LogP contribution in [0.4, 0.5) is 10.6 Å². The highest BCUT2D eigenvalue weighted by molar-refractivity contribution is 5.95. The quantitative estimate of drug-likeness (QED) is 0.227. The van der Waals surface area contributed by atoms with Crippen LogP contribution in [-0.4, -0.2) is 75.7 Å². The summed E-state index contributed by atoms with van der Waals surface area (Å²) in [7, 11) is 1.74. The minimum atomic E-state index is -0.818. The first-order valence-corrected chi connectivity index (χ1v) is 20.0. The van der Waals surface area contributed by atoms with Crippen molar-refractivity contribution in [2.45, 2.75) is 121 Å². The van der Waals surface area contributed by atoms with E-state index in [1.165, 1.54) is 17.5 Å². The molecule has 1 saturated heterocycles. The Morgan fingerprint density at radius 1 is 0.943 bits per heavy atom. The summed E-state index contributed by atoms with van der Waals surface area (Å²) in [4.78, 5) is 35.7. The Kier molecular flexibility index (Phi) is 9.35. The molecule has 0 unspecified atom stereocenters.